The minimum atomic E-state index is 0.299. The minimum Gasteiger partial charge on any atom is -0.396 e. The number of aromatic amines is 1. The number of hydrogen-bond donors (Lipinski definition) is 3. The lowest BCUT2D eigenvalue weighted by molar-refractivity contribution is 0.225. The van der Waals surface area contributed by atoms with E-state index in [2.05, 4.69) is 20.3 Å². The van der Waals surface area contributed by atoms with Gasteiger partial charge in [0, 0.05) is 42.2 Å². The highest BCUT2D eigenvalue weighted by Crippen LogP contribution is 2.29. The third kappa shape index (κ3) is 3.49. The Kier molecular flexibility index (Phi) is 4.61. The molecule has 1 aliphatic rings. The van der Waals surface area contributed by atoms with E-state index >= 15 is 0 Å². The third-order valence-corrected chi connectivity index (χ3v) is 5.10. The van der Waals surface area contributed by atoms with E-state index in [1.807, 2.05) is 24.4 Å². The zero-order valence-corrected chi connectivity index (χ0v) is 14.2. The summed E-state index contributed by atoms with van der Waals surface area (Å²) in [6.07, 6.45) is 11.0. The van der Waals surface area contributed by atoms with Crippen LogP contribution >= 0.6 is 0 Å². The minimum absolute atomic E-state index is 0.299. The van der Waals surface area contributed by atoms with Crippen LogP contribution in [0.5, 0.6) is 0 Å². The van der Waals surface area contributed by atoms with Gasteiger partial charge >= 0.3 is 0 Å². The summed E-state index contributed by atoms with van der Waals surface area (Å²) in [5.41, 5.74) is 2.80. The highest BCUT2D eigenvalue weighted by Gasteiger charge is 2.21. The van der Waals surface area contributed by atoms with Crippen molar-refractivity contribution in [3.63, 3.8) is 0 Å². The van der Waals surface area contributed by atoms with Crippen LogP contribution in [-0.2, 0) is 0 Å². The van der Waals surface area contributed by atoms with Crippen LogP contribution in [0.2, 0.25) is 0 Å². The molecular formula is C19H23N5O. The van der Waals surface area contributed by atoms with Crippen molar-refractivity contribution in [2.75, 3.05) is 11.9 Å². The molecule has 0 aliphatic heterocycles. The van der Waals surface area contributed by atoms with Crippen molar-refractivity contribution in [3.8, 4) is 11.3 Å². The predicted molar refractivity (Wildman–Crippen MR) is 98.2 cm³/mol. The van der Waals surface area contributed by atoms with Crippen LogP contribution in [0.1, 0.15) is 32.1 Å². The number of pyridine rings is 1. The number of rotatable bonds is 5. The lowest BCUT2D eigenvalue weighted by Gasteiger charge is -2.28. The summed E-state index contributed by atoms with van der Waals surface area (Å²) in [5.74, 6) is 1.34. The van der Waals surface area contributed by atoms with E-state index in [1.54, 1.807) is 12.4 Å². The topological polar surface area (TPSA) is 86.7 Å². The van der Waals surface area contributed by atoms with Gasteiger partial charge in [-0.2, -0.15) is 0 Å². The maximum Gasteiger partial charge on any atom is 0.223 e. The van der Waals surface area contributed by atoms with E-state index in [-0.39, 0.29) is 0 Å². The van der Waals surface area contributed by atoms with Crippen molar-refractivity contribution in [2.45, 2.75) is 38.1 Å². The van der Waals surface area contributed by atoms with E-state index in [4.69, 9.17) is 10.1 Å². The van der Waals surface area contributed by atoms with Gasteiger partial charge in [-0.25, -0.2) is 15.0 Å². The molecular weight excluding hydrogens is 314 g/mol. The molecule has 1 aliphatic carbocycles. The Hall–Kier alpha value is -2.47. The summed E-state index contributed by atoms with van der Waals surface area (Å²) in [7, 11) is 0. The fourth-order valence-corrected chi connectivity index (χ4v) is 3.71. The summed E-state index contributed by atoms with van der Waals surface area (Å²) in [5, 5.41) is 13.6. The van der Waals surface area contributed by atoms with Crippen molar-refractivity contribution in [2.24, 2.45) is 5.92 Å². The monoisotopic (exact) mass is 337 g/mol. The van der Waals surface area contributed by atoms with Gasteiger partial charge in [-0.05, 0) is 56.2 Å². The normalized spacial score (nSPS) is 20.7. The van der Waals surface area contributed by atoms with Crippen molar-refractivity contribution in [1.29, 1.82) is 0 Å². The van der Waals surface area contributed by atoms with E-state index in [0.29, 0.717) is 24.5 Å². The van der Waals surface area contributed by atoms with Gasteiger partial charge < -0.3 is 15.4 Å². The van der Waals surface area contributed by atoms with Crippen LogP contribution in [0.25, 0.3) is 22.3 Å². The molecule has 3 aromatic heterocycles. The maximum absolute atomic E-state index is 9.07. The number of nitrogens with zero attached hydrogens (tertiary/aromatic N) is 3. The summed E-state index contributed by atoms with van der Waals surface area (Å²) >= 11 is 0. The standard InChI is InChI=1S/C19H23N5O/c25-11-8-13-3-5-14(6-4-13)23-19-21-10-7-17(24-19)16-12-22-18-15(16)2-1-9-20-18/h1-2,7,9-10,12-14,25H,3-6,8,11H2,(H,20,22)(H,21,23,24). The van der Waals surface area contributed by atoms with E-state index in [0.717, 1.165) is 54.4 Å². The molecule has 3 heterocycles. The Morgan fingerprint density at radius 2 is 2.00 bits per heavy atom. The molecule has 6 heteroatoms. The second-order valence-corrected chi connectivity index (χ2v) is 6.74. The van der Waals surface area contributed by atoms with Crippen LogP contribution < -0.4 is 5.32 Å². The van der Waals surface area contributed by atoms with Crippen molar-refractivity contribution >= 4 is 17.0 Å². The summed E-state index contributed by atoms with van der Waals surface area (Å²) in [6, 6.07) is 6.32. The van der Waals surface area contributed by atoms with E-state index in [1.165, 1.54) is 0 Å². The Morgan fingerprint density at radius 3 is 2.84 bits per heavy atom. The van der Waals surface area contributed by atoms with Crippen molar-refractivity contribution < 1.29 is 5.11 Å². The number of aliphatic hydroxyl groups is 1. The molecule has 0 radical (unpaired) electrons. The molecule has 0 amide bonds. The predicted octanol–water partition coefficient (Wildman–Crippen LogP) is 3.37. The van der Waals surface area contributed by atoms with Crippen LogP contribution in [0.4, 0.5) is 5.95 Å². The first-order valence-electron chi connectivity index (χ1n) is 8.96. The van der Waals surface area contributed by atoms with Crippen LogP contribution in [-0.4, -0.2) is 37.7 Å². The molecule has 3 N–H and O–H groups in total. The lowest BCUT2D eigenvalue weighted by atomic mass is 9.84. The van der Waals surface area contributed by atoms with Crippen LogP contribution in [0.3, 0.4) is 0 Å². The smallest absolute Gasteiger partial charge is 0.223 e. The fraction of sp³-hybridized carbons (Fsp3) is 0.421. The van der Waals surface area contributed by atoms with E-state index < -0.39 is 0 Å². The van der Waals surface area contributed by atoms with E-state index in [9.17, 15) is 0 Å². The van der Waals surface area contributed by atoms with Crippen molar-refractivity contribution in [1.82, 2.24) is 19.9 Å². The zero-order valence-electron chi connectivity index (χ0n) is 14.2. The zero-order chi connectivity index (χ0) is 17.1. The molecule has 0 aromatic carbocycles. The third-order valence-electron chi connectivity index (χ3n) is 5.10. The SMILES string of the molecule is OCCC1CCC(Nc2nccc(-c3c[nH]c4ncccc34)n2)CC1. The molecule has 6 nitrogen and oxygen atoms in total. The first-order valence-corrected chi connectivity index (χ1v) is 8.96. The number of aromatic nitrogens is 4. The average molecular weight is 337 g/mol. The first kappa shape index (κ1) is 16.0. The largest absolute Gasteiger partial charge is 0.396 e. The van der Waals surface area contributed by atoms with Crippen LogP contribution in [0, 0.1) is 5.92 Å². The number of fused-ring (bicyclic) bond motifs is 1. The molecule has 25 heavy (non-hydrogen) atoms. The summed E-state index contributed by atoms with van der Waals surface area (Å²) in [4.78, 5) is 16.6. The van der Waals surface area contributed by atoms with Gasteiger partial charge in [0.1, 0.15) is 5.65 Å². The molecule has 0 unspecified atom stereocenters. The molecule has 0 atom stereocenters. The molecule has 4 rings (SSSR count). The molecule has 1 fully saturated rings. The van der Waals surface area contributed by atoms with Gasteiger partial charge in [0.05, 0.1) is 5.69 Å². The number of nitrogens with one attached hydrogen (secondary N) is 2. The lowest BCUT2D eigenvalue weighted by Crippen LogP contribution is -2.27. The molecule has 1 saturated carbocycles. The molecule has 0 saturated heterocycles. The molecule has 0 spiro atoms. The van der Waals surface area contributed by atoms with Gasteiger partial charge in [0.2, 0.25) is 5.95 Å². The summed E-state index contributed by atoms with van der Waals surface area (Å²) in [6.45, 7) is 0.299. The van der Waals surface area contributed by atoms with Crippen LogP contribution in [0.15, 0.2) is 36.8 Å². The summed E-state index contributed by atoms with van der Waals surface area (Å²) < 4.78 is 0. The quantitative estimate of drug-likeness (QED) is 0.664. The van der Waals surface area contributed by atoms with Gasteiger partial charge in [-0.1, -0.05) is 0 Å². The number of anilines is 1. The Balaban J connectivity index is 1.49. The molecule has 0 bridgehead atoms. The fourth-order valence-electron chi connectivity index (χ4n) is 3.71. The molecule has 3 aromatic rings. The second kappa shape index (κ2) is 7.19. The number of H-pyrrole nitrogens is 1. The van der Waals surface area contributed by atoms with Crippen molar-refractivity contribution in [3.05, 3.63) is 36.8 Å². The Labute approximate surface area is 146 Å². The van der Waals surface area contributed by atoms with Gasteiger partial charge in [-0.15, -0.1) is 0 Å². The molecule has 130 valence electrons. The Bertz CT molecular complexity index is 838. The van der Waals surface area contributed by atoms with Gasteiger partial charge in [0.15, 0.2) is 0 Å². The second-order valence-electron chi connectivity index (χ2n) is 6.74. The Morgan fingerprint density at radius 1 is 1.12 bits per heavy atom. The maximum atomic E-state index is 9.07. The average Bonchev–Trinajstić information content (AvgIpc) is 3.08. The van der Waals surface area contributed by atoms with Gasteiger partial charge in [-0.3, -0.25) is 0 Å². The number of hydrogen-bond acceptors (Lipinski definition) is 5. The number of aliphatic hydroxyl groups excluding tert-OH is 1. The first-order chi connectivity index (χ1) is 12.3. The highest BCUT2D eigenvalue weighted by atomic mass is 16.3. The highest BCUT2D eigenvalue weighted by molar-refractivity contribution is 5.92. The van der Waals surface area contributed by atoms with Gasteiger partial charge in [0.25, 0.3) is 0 Å².